The summed E-state index contributed by atoms with van der Waals surface area (Å²) < 4.78 is 0. The molecule has 0 saturated heterocycles. The smallest absolute Gasteiger partial charge is 0.258 e. The van der Waals surface area contributed by atoms with Crippen LogP contribution < -0.4 is 0 Å². The van der Waals surface area contributed by atoms with E-state index in [2.05, 4.69) is 12.1 Å². The zero-order valence-corrected chi connectivity index (χ0v) is 11.0. The fraction of sp³-hybridized carbons (Fsp3) is 0.176. The summed E-state index contributed by atoms with van der Waals surface area (Å²) in [4.78, 5) is 10.9. The fourth-order valence-corrected chi connectivity index (χ4v) is 2.29. The summed E-state index contributed by atoms with van der Waals surface area (Å²) >= 11 is 0. The molecule has 0 amide bonds. The van der Waals surface area contributed by atoms with Gasteiger partial charge in [-0.1, -0.05) is 42.5 Å². The minimum absolute atomic E-state index is 0.129. The van der Waals surface area contributed by atoms with Gasteiger partial charge in [0, 0.05) is 6.08 Å². The number of hydrogen-bond acceptors (Lipinski definition) is 2. The molecule has 100 valence electrons. The molecule has 20 heavy (non-hydrogen) atoms. The first-order valence-corrected chi connectivity index (χ1v) is 6.75. The molecule has 1 aliphatic rings. The number of hydrogen-bond donors (Lipinski definition) is 0. The molecule has 0 bridgehead atoms. The van der Waals surface area contributed by atoms with Crippen molar-refractivity contribution in [1.29, 1.82) is 0 Å². The number of nitro groups is 1. The van der Waals surface area contributed by atoms with Crippen LogP contribution in [-0.4, -0.2) is 4.92 Å². The summed E-state index contributed by atoms with van der Waals surface area (Å²) in [5.41, 5.74) is 2.96. The van der Waals surface area contributed by atoms with Crippen molar-refractivity contribution in [2.24, 2.45) is 0 Å². The maximum atomic E-state index is 11.2. The van der Waals surface area contributed by atoms with Crippen LogP contribution >= 0.6 is 0 Å². The fourth-order valence-electron chi connectivity index (χ4n) is 2.29. The van der Waals surface area contributed by atoms with E-state index in [0.29, 0.717) is 11.5 Å². The maximum Gasteiger partial charge on any atom is 0.277 e. The van der Waals surface area contributed by atoms with Gasteiger partial charge in [-0.25, -0.2) is 0 Å². The highest BCUT2D eigenvalue weighted by Crippen LogP contribution is 2.40. The predicted molar refractivity (Wildman–Crippen MR) is 79.7 cm³/mol. The molecule has 1 aliphatic carbocycles. The molecule has 0 heterocycles. The second-order valence-electron chi connectivity index (χ2n) is 5.09. The van der Waals surface area contributed by atoms with Gasteiger partial charge >= 0.3 is 0 Å². The molecule has 1 fully saturated rings. The minimum Gasteiger partial charge on any atom is -0.258 e. The Hall–Kier alpha value is -2.42. The van der Waals surface area contributed by atoms with E-state index >= 15 is 0 Å². The Morgan fingerprint density at radius 3 is 2.25 bits per heavy atom. The van der Waals surface area contributed by atoms with Crippen LogP contribution in [0, 0.1) is 10.1 Å². The molecule has 2 aromatic rings. The van der Waals surface area contributed by atoms with Crippen LogP contribution in [0.5, 0.6) is 0 Å². The Morgan fingerprint density at radius 2 is 1.70 bits per heavy atom. The molecule has 0 atom stereocenters. The van der Waals surface area contributed by atoms with Crippen molar-refractivity contribution in [3.05, 3.63) is 81.4 Å². The van der Waals surface area contributed by atoms with E-state index in [1.54, 1.807) is 18.2 Å². The minimum atomic E-state index is -0.329. The van der Waals surface area contributed by atoms with Crippen LogP contribution in [0.4, 0.5) is 0 Å². The van der Waals surface area contributed by atoms with Gasteiger partial charge in [-0.15, -0.1) is 0 Å². The second-order valence-corrected chi connectivity index (χ2v) is 5.09. The van der Waals surface area contributed by atoms with Crippen LogP contribution in [0.1, 0.15) is 35.4 Å². The molecule has 0 aromatic heterocycles. The summed E-state index contributed by atoms with van der Waals surface area (Å²) in [7, 11) is 0. The Morgan fingerprint density at radius 1 is 1.05 bits per heavy atom. The molecule has 0 N–H and O–H groups in total. The van der Waals surface area contributed by atoms with Crippen LogP contribution in [0.3, 0.4) is 0 Å². The van der Waals surface area contributed by atoms with E-state index < -0.39 is 0 Å². The molecule has 0 radical (unpaired) electrons. The standard InChI is InChI=1S/C17H15NO2/c19-18(20)17(16-4-2-1-3-5-16)12-13-6-8-14(9-7-13)15-10-11-15/h1-9,12,15H,10-11H2/b17-12+. The lowest BCUT2D eigenvalue weighted by Crippen LogP contribution is -1.97. The molecule has 0 spiro atoms. The first kappa shape index (κ1) is 12.6. The highest BCUT2D eigenvalue weighted by Gasteiger charge is 2.23. The monoisotopic (exact) mass is 265 g/mol. The molecule has 3 rings (SSSR count). The zero-order valence-electron chi connectivity index (χ0n) is 11.0. The molecular weight excluding hydrogens is 250 g/mol. The van der Waals surface area contributed by atoms with E-state index in [-0.39, 0.29) is 10.6 Å². The maximum absolute atomic E-state index is 11.2. The van der Waals surface area contributed by atoms with Crippen molar-refractivity contribution in [1.82, 2.24) is 0 Å². The van der Waals surface area contributed by atoms with Crippen molar-refractivity contribution in [2.45, 2.75) is 18.8 Å². The highest BCUT2D eigenvalue weighted by atomic mass is 16.6. The average Bonchev–Trinajstić information content (AvgIpc) is 3.31. The lowest BCUT2D eigenvalue weighted by Gasteiger charge is -2.01. The molecule has 0 unspecified atom stereocenters. The molecule has 3 heteroatoms. The van der Waals surface area contributed by atoms with Gasteiger partial charge in [0.15, 0.2) is 0 Å². The Kier molecular flexibility index (Phi) is 3.33. The molecule has 3 nitrogen and oxygen atoms in total. The van der Waals surface area contributed by atoms with Gasteiger partial charge in [0.25, 0.3) is 5.70 Å². The Bertz CT molecular complexity index is 640. The van der Waals surface area contributed by atoms with Crippen molar-refractivity contribution in [3.63, 3.8) is 0 Å². The van der Waals surface area contributed by atoms with Crippen LogP contribution in [0.25, 0.3) is 11.8 Å². The molecule has 1 saturated carbocycles. The van der Waals surface area contributed by atoms with Gasteiger partial charge < -0.3 is 0 Å². The molecule has 0 aliphatic heterocycles. The third-order valence-electron chi connectivity index (χ3n) is 3.55. The van der Waals surface area contributed by atoms with Crippen molar-refractivity contribution in [3.8, 4) is 0 Å². The number of benzene rings is 2. The van der Waals surface area contributed by atoms with Gasteiger partial charge in [0.1, 0.15) is 0 Å². The van der Waals surface area contributed by atoms with Crippen molar-refractivity contribution in [2.75, 3.05) is 0 Å². The Labute approximate surface area is 117 Å². The van der Waals surface area contributed by atoms with Crippen LogP contribution in [0.15, 0.2) is 54.6 Å². The van der Waals surface area contributed by atoms with Gasteiger partial charge in [-0.2, -0.15) is 0 Å². The third-order valence-corrected chi connectivity index (χ3v) is 3.55. The summed E-state index contributed by atoms with van der Waals surface area (Å²) in [5, 5.41) is 11.2. The first-order chi connectivity index (χ1) is 9.74. The van der Waals surface area contributed by atoms with Gasteiger partial charge in [-0.05, 0) is 42.0 Å². The molecular formula is C17H15NO2. The summed E-state index contributed by atoms with van der Waals surface area (Å²) in [6, 6.07) is 17.1. The van der Waals surface area contributed by atoms with E-state index in [1.165, 1.54) is 18.4 Å². The molecule has 2 aromatic carbocycles. The van der Waals surface area contributed by atoms with E-state index in [1.807, 2.05) is 30.3 Å². The lowest BCUT2D eigenvalue weighted by molar-refractivity contribution is -0.374. The third kappa shape index (κ3) is 2.77. The number of rotatable bonds is 4. The summed E-state index contributed by atoms with van der Waals surface area (Å²) in [5.74, 6) is 0.706. The topological polar surface area (TPSA) is 43.1 Å². The first-order valence-electron chi connectivity index (χ1n) is 6.75. The van der Waals surface area contributed by atoms with Crippen molar-refractivity contribution < 1.29 is 4.92 Å². The normalized spacial score (nSPS) is 15.1. The predicted octanol–water partition coefficient (Wildman–Crippen LogP) is 4.34. The van der Waals surface area contributed by atoms with Gasteiger partial charge in [0.05, 0.1) is 10.5 Å². The second kappa shape index (κ2) is 5.29. The van der Waals surface area contributed by atoms with Crippen LogP contribution in [-0.2, 0) is 0 Å². The Balaban J connectivity index is 1.92. The largest absolute Gasteiger partial charge is 0.277 e. The van der Waals surface area contributed by atoms with Crippen molar-refractivity contribution >= 4 is 11.8 Å². The summed E-state index contributed by atoms with van der Waals surface area (Å²) in [6.45, 7) is 0. The lowest BCUT2D eigenvalue weighted by atomic mass is 10.1. The average molecular weight is 265 g/mol. The highest BCUT2D eigenvalue weighted by molar-refractivity contribution is 5.76. The van der Waals surface area contributed by atoms with E-state index in [9.17, 15) is 10.1 Å². The zero-order chi connectivity index (χ0) is 13.9. The SMILES string of the molecule is O=[N+]([O-])/C(=C/c1ccc(C2CC2)cc1)c1ccccc1. The van der Waals surface area contributed by atoms with Gasteiger partial charge in [0.2, 0.25) is 0 Å². The van der Waals surface area contributed by atoms with Gasteiger partial charge in [-0.3, -0.25) is 10.1 Å². The van der Waals surface area contributed by atoms with E-state index in [4.69, 9.17) is 0 Å². The summed E-state index contributed by atoms with van der Waals surface area (Å²) in [6.07, 6.45) is 4.16. The quantitative estimate of drug-likeness (QED) is 0.469. The van der Waals surface area contributed by atoms with Crippen LogP contribution in [0.2, 0.25) is 0 Å². The van der Waals surface area contributed by atoms with E-state index in [0.717, 1.165) is 5.56 Å². The number of nitrogens with zero attached hydrogens (tertiary/aromatic N) is 1.